The van der Waals surface area contributed by atoms with Crippen LogP contribution in [0.4, 0.5) is 5.69 Å². The Balaban J connectivity index is 1.68. The fourth-order valence-electron chi connectivity index (χ4n) is 2.33. The van der Waals surface area contributed by atoms with Crippen molar-refractivity contribution in [1.29, 1.82) is 0 Å². The average Bonchev–Trinajstić information content (AvgIpc) is 2.71. The first-order valence-corrected chi connectivity index (χ1v) is 11.0. The Morgan fingerprint density at radius 3 is 2.60 bits per heavy atom. The van der Waals surface area contributed by atoms with Crippen molar-refractivity contribution in [3.05, 3.63) is 62.6 Å². The third kappa shape index (κ3) is 7.13. The Hall–Kier alpha value is -2.40. The minimum Gasteiger partial charge on any atom is -0.492 e. The van der Waals surface area contributed by atoms with Gasteiger partial charge >= 0.3 is 0 Å². The largest absolute Gasteiger partial charge is 0.492 e. The number of rotatable bonds is 11. The number of nitro benzene ring substituents is 1. The zero-order valence-corrected chi connectivity index (χ0v) is 18.0. The maximum Gasteiger partial charge on any atom is 0.270 e. The molecule has 0 atom stereocenters. The minimum absolute atomic E-state index is 0.0635. The normalized spacial score (nSPS) is 11.1. The van der Waals surface area contributed by atoms with Gasteiger partial charge in [0, 0.05) is 31.6 Å². The smallest absolute Gasteiger partial charge is 0.270 e. The van der Waals surface area contributed by atoms with Crippen LogP contribution in [0.5, 0.6) is 5.75 Å². The number of amides is 1. The molecule has 1 amide bonds. The van der Waals surface area contributed by atoms with Crippen LogP contribution in [0.3, 0.4) is 0 Å². The molecule has 0 fully saturated rings. The fraction of sp³-hybridized carbons (Fsp3) is 0.278. The van der Waals surface area contributed by atoms with Crippen molar-refractivity contribution in [2.45, 2.75) is 17.7 Å². The topological polar surface area (TPSA) is 128 Å². The van der Waals surface area contributed by atoms with Gasteiger partial charge in [-0.05, 0) is 24.6 Å². The van der Waals surface area contributed by atoms with Crippen LogP contribution in [0.25, 0.3) is 0 Å². The molecule has 0 unspecified atom stereocenters. The number of nitro groups is 1. The highest BCUT2D eigenvalue weighted by molar-refractivity contribution is 7.89. The first-order chi connectivity index (χ1) is 14.2. The highest BCUT2D eigenvalue weighted by atomic mass is 35.5. The molecule has 0 saturated heterocycles. The van der Waals surface area contributed by atoms with Crippen LogP contribution in [0, 0.1) is 10.1 Å². The van der Waals surface area contributed by atoms with Crippen molar-refractivity contribution >= 4 is 44.8 Å². The second-order valence-electron chi connectivity index (χ2n) is 6.01. The van der Waals surface area contributed by atoms with Crippen LogP contribution in [-0.4, -0.2) is 38.9 Å². The number of nitrogens with one attached hydrogen (secondary N) is 2. The molecule has 0 aliphatic carbocycles. The van der Waals surface area contributed by atoms with Crippen LogP contribution >= 0.6 is 23.2 Å². The number of halogens is 2. The van der Waals surface area contributed by atoms with E-state index >= 15 is 0 Å². The molecule has 0 heterocycles. The van der Waals surface area contributed by atoms with Gasteiger partial charge in [-0.3, -0.25) is 14.9 Å². The highest BCUT2D eigenvalue weighted by Gasteiger charge is 2.17. The summed E-state index contributed by atoms with van der Waals surface area (Å²) in [5.41, 5.74) is -0.326. The Morgan fingerprint density at radius 2 is 1.87 bits per heavy atom. The number of ether oxygens (including phenoxy) is 1. The van der Waals surface area contributed by atoms with Gasteiger partial charge in [-0.15, -0.1) is 0 Å². The number of hydrogen-bond donors (Lipinski definition) is 2. The number of carbonyl (C=O) groups excluding carboxylic acids is 1. The summed E-state index contributed by atoms with van der Waals surface area (Å²) < 4.78 is 32.1. The second kappa shape index (κ2) is 11.1. The second-order valence-corrected chi connectivity index (χ2v) is 8.56. The monoisotopic (exact) mass is 475 g/mol. The molecule has 0 saturated carbocycles. The van der Waals surface area contributed by atoms with Crippen LogP contribution < -0.4 is 14.8 Å². The molecule has 0 bridgehead atoms. The van der Waals surface area contributed by atoms with E-state index in [4.69, 9.17) is 27.9 Å². The van der Waals surface area contributed by atoms with Gasteiger partial charge in [-0.1, -0.05) is 35.3 Å². The lowest BCUT2D eigenvalue weighted by molar-refractivity contribution is -0.385. The number of hydrogen-bond acceptors (Lipinski definition) is 6. The Bertz CT molecular complexity index is 1020. The van der Waals surface area contributed by atoms with Gasteiger partial charge < -0.3 is 10.1 Å². The molecule has 0 aliphatic rings. The fourth-order valence-corrected chi connectivity index (χ4v) is 3.75. The number of sulfonamides is 1. The van der Waals surface area contributed by atoms with Gasteiger partial charge in [0.15, 0.2) is 0 Å². The summed E-state index contributed by atoms with van der Waals surface area (Å²) in [7, 11) is -3.92. The van der Waals surface area contributed by atoms with Crippen LogP contribution in [0.15, 0.2) is 47.4 Å². The number of carbonyl (C=O) groups is 1. The Morgan fingerprint density at radius 1 is 1.13 bits per heavy atom. The van der Waals surface area contributed by atoms with Gasteiger partial charge in [-0.25, -0.2) is 13.1 Å². The quantitative estimate of drug-likeness (QED) is 0.291. The predicted molar refractivity (Wildman–Crippen MR) is 112 cm³/mol. The lowest BCUT2D eigenvalue weighted by Gasteiger charge is -2.10. The molecule has 2 N–H and O–H groups in total. The molecule has 9 nitrogen and oxygen atoms in total. The van der Waals surface area contributed by atoms with Gasteiger partial charge in [0.1, 0.15) is 10.8 Å². The number of nitrogens with zero attached hydrogens (tertiary/aromatic N) is 1. The van der Waals surface area contributed by atoms with Crippen molar-refractivity contribution < 1.29 is 22.9 Å². The molecule has 30 heavy (non-hydrogen) atoms. The average molecular weight is 476 g/mol. The van der Waals surface area contributed by atoms with Gasteiger partial charge in [0.2, 0.25) is 15.9 Å². The molecule has 0 spiro atoms. The first kappa shape index (κ1) is 23.9. The van der Waals surface area contributed by atoms with Crippen LogP contribution in [0.2, 0.25) is 10.0 Å². The van der Waals surface area contributed by atoms with E-state index in [1.165, 1.54) is 18.2 Å². The van der Waals surface area contributed by atoms with Gasteiger partial charge in [0.25, 0.3) is 5.69 Å². The summed E-state index contributed by atoms with van der Waals surface area (Å²) >= 11 is 11.9. The van der Waals surface area contributed by atoms with Crippen LogP contribution in [-0.2, 0) is 14.8 Å². The van der Waals surface area contributed by atoms with E-state index < -0.39 is 14.9 Å². The Kier molecular flexibility index (Phi) is 8.85. The zero-order valence-electron chi connectivity index (χ0n) is 15.6. The highest BCUT2D eigenvalue weighted by Crippen LogP contribution is 2.31. The van der Waals surface area contributed by atoms with E-state index in [2.05, 4.69) is 10.0 Å². The van der Waals surface area contributed by atoms with E-state index in [-0.39, 0.29) is 42.6 Å². The summed E-state index contributed by atoms with van der Waals surface area (Å²) in [4.78, 5) is 21.7. The minimum atomic E-state index is -3.92. The van der Waals surface area contributed by atoms with Gasteiger partial charge in [-0.2, -0.15) is 0 Å². The molecule has 162 valence electrons. The summed E-state index contributed by atoms with van der Waals surface area (Å²) in [5, 5.41) is 14.0. The number of non-ortho nitro benzene ring substituents is 1. The third-order valence-corrected chi connectivity index (χ3v) is 6.06. The molecule has 0 aliphatic heterocycles. The van der Waals surface area contributed by atoms with Crippen molar-refractivity contribution in [3.63, 3.8) is 0 Å². The molecule has 0 radical (unpaired) electrons. The molecule has 2 aromatic carbocycles. The molecular weight excluding hydrogens is 457 g/mol. The Labute approximate surface area is 183 Å². The SMILES string of the molecule is O=C(CCCOc1cccc(Cl)c1Cl)NCCNS(=O)(=O)c1cccc([N+](=O)[O-])c1. The van der Waals surface area contributed by atoms with Crippen molar-refractivity contribution in [1.82, 2.24) is 10.0 Å². The predicted octanol–water partition coefficient (Wildman–Crippen LogP) is 3.16. The van der Waals surface area contributed by atoms with E-state index in [1.54, 1.807) is 18.2 Å². The lowest BCUT2D eigenvalue weighted by Crippen LogP contribution is -2.34. The van der Waals surface area contributed by atoms with Crippen molar-refractivity contribution in [2.75, 3.05) is 19.7 Å². The summed E-state index contributed by atoms with van der Waals surface area (Å²) in [6.45, 7) is 0.256. The lowest BCUT2D eigenvalue weighted by atomic mass is 10.3. The first-order valence-electron chi connectivity index (χ1n) is 8.78. The maximum atomic E-state index is 12.2. The van der Waals surface area contributed by atoms with Crippen molar-refractivity contribution in [2.24, 2.45) is 0 Å². The van der Waals surface area contributed by atoms with E-state index in [0.29, 0.717) is 22.2 Å². The third-order valence-electron chi connectivity index (χ3n) is 3.80. The standard InChI is InChI=1S/C18H19Cl2N3O6S/c19-15-6-2-7-16(18(15)20)29-11-3-8-17(24)21-9-10-22-30(27,28)14-5-1-4-13(12-14)23(25)26/h1-2,4-7,12,22H,3,8-11H2,(H,21,24). The number of benzene rings is 2. The molecule has 2 aromatic rings. The zero-order chi connectivity index (χ0) is 22.1. The molecular formula is C18H19Cl2N3O6S. The maximum absolute atomic E-state index is 12.2. The van der Waals surface area contributed by atoms with Crippen molar-refractivity contribution in [3.8, 4) is 5.75 Å². The molecule has 12 heteroatoms. The summed E-state index contributed by atoms with van der Waals surface area (Å²) in [6, 6.07) is 9.70. The molecule has 0 aromatic heterocycles. The van der Waals surface area contributed by atoms with E-state index in [1.807, 2.05) is 0 Å². The van der Waals surface area contributed by atoms with E-state index in [9.17, 15) is 23.3 Å². The molecule has 2 rings (SSSR count). The van der Waals surface area contributed by atoms with Gasteiger partial charge in [0.05, 0.1) is 21.4 Å². The van der Waals surface area contributed by atoms with Crippen LogP contribution in [0.1, 0.15) is 12.8 Å². The summed E-state index contributed by atoms with van der Waals surface area (Å²) in [5.74, 6) is 0.158. The van der Waals surface area contributed by atoms with E-state index in [0.717, 1.165) is 6.07 Å². The summed E-state index contributed by atoms with van der Waals surface area (Å²) in [6.07, 6.45) is 0.601.